The molecule has 0 saturated carbocycles. The molecular formula is C14H15NO3S. The molecule has 1 unspecified atom stereocenters. The predicted molar refractivity (Wildman–Crippen MR) is 74.6 cm³/mol. The largest absolute Gasteiger partial charge is 0.508 e. The summed E-state index contributed by atoms with van der Waals surface area (Å²) in [6.45, 7) is 1.94. The van der Waals surface area contributed by atoms with Crippen LogP contribution in [0.1, 0.15) is 28.2 Å². The van der Waals surface area contributed by atoms with E-state index >= 15 is 0 Å². The number of amides is 1. The summed E-state index contributed by atoms with van der Waals surface area (Å²) >= 11 is 1.59. The van der Waals surface area contributed by atoms with E-state index in [1.165, 1.54) is 18.2 Å². The van der Waals surface area contributed by atoms with Crippen molar-refractivity contribution in [2.24, 2.45) is 0 Å². The van der Waals surface area contributed by atoms with Crippen molar-refractivity contribution in [3.8, 4) is 11.5 Å². The van der Waals surface area contributed by atoms with Crippen molar-refractivity contribution in [1.29, 1.82) is 0 Å². The maximum Gasteiger partial charge on any atom is 0.254 e. The summed E-state index contributed by atoms with van der Waals surface area (Å²) in [6.07, 6.45) is 0. The first-order valence-corrected chi connectivity index (χ1v) is 6.70. The summed E-state index contributed by atoms with van der Waals surface area (Å²) in [5.41, 5.74) is 0.267. The van der Waals surface area contributed by atoms with E-state index in [0.29, 0.717) is 0 Å². The highest BCUT2D eigenvalue weighted by Crippen LogP contribution is 2.27. The van der Waals surface area contributed by atoms with Gasteiger partial charge in [0.2, 0.25) is 0 Å². The molecule has 0 spiro atoms. The van der Waals surface area contributed by atoms with E-state index in [9.17, 15) is 15.0 Å². The van der Waals surface area contributed by atoms with Crippen LogP contribution >= 0.6 is 11.3 Å². The smallest absolute Gasteiger partial charge is 0.254 e. The lowest BCUT2D eigenvalue weighted by Crippen LogP contribution is -2.29. The first kappa shape index (κ1) is 13.4. The Labute approximate surface area is 115 Å². The van der Waals surface area contributed by atoms with E-state index in [-0.39, 0.29) is 29.0 Å². The van der Waals surface area contributed by atoms with Crippen LogP contribution in [0.25, 0.3) is 0 Å². The molecule has 2 rings (SSSR count). The van der Waals surface area contributed by atoms with Gasteiger partial charge in [-0.25, -0.2) is 0 Å². The van der Waals surface area contributed by atoms with Crippen LogP contribution in [0.2, 0.25) is 0 Å². The zero-order valence-corrected chi connectivity index (χ0v) is 11.5. The second kappa shape index (κ2) is 5.32. The summed E-state index contributed by atoms with van der Waals surface area (Å²) in [6, 6.07) is 7.74. The zero-order valence-electron chi connectivity index (χ0n) is 10.7. The summed E-state index contributed by atoms with van der Waals surface area (Å²) in [5.74, 6) is -0.492. The molecule has 4 nitrogen and oxygen atoms in total. The molecule has 1 atom stereocenters. The molecule has 0 bridgehead atoms. The molecule has 0 radical (unpaired) electrons. The van der Waals surface area contributed by atoms with Crippen LogP contribution in [0.3, 0.4) is 0 Å². The number of aromatic hydroxyl groups is 2. The summed E-state index contributed by atoms with van der Waals surface area (Å²) in [4.78, 5) is 15.0. The Balaban J connectivity index is 2.23. The van der Waals surface area contributed by atoms with Gasteiger partial charge in [-0.2, -0.15) is 0 Å². The molecule has 0 aliphatic rings. The molecule has 1 aromatic carbocycles. The molecule has 0 saturated heterocycles. The minimum absolute atomic E-state index is 0.0583. The number of thiophene rings is 1. The highest BCUT2D eigenvalue weighted by molar-refractivity contribution is 7.10. The standard InChI is InChI=1S/C14H15NO3S/c1-9(13-4-3-5-19-13)15(2)14(18)10-6-11(16)8-12(17)7-10/h3-9,16-17H,1-2H3. The second-order valence-electron chi connectivity index (χ2n) is 4.35. The number of carbonyl (C=O) groups is 1. The lowest BCUT2D eigenvalue weighted by atomic mass is 10.1. The molecule has 1 heterocycles. The van der Waals surface area contributed by atoms with Gasteiger partial charge in [-0.15, -0.1) is 11.3 Å². The molecule has 19 heavy (non-hydrogen) atoms. The Morgan fingerprint density at radius 1 is 1.26 bits per heavy atom. The van der Waals surface area contributed by atoms with E-state index in [1.54, 1.807) is 23.3 Å². The number of hydrogen-bond acceptors (Lipinski definition) is 4. The maximum absolute atomic E-state index is 12.3. The van der Waals surface area contributed by atoms with Crippen molar-refractivity contribution in [2.45, 2.75) is 13.0 Å². The normalized spacial score (nSPS) is 12.1. The van der Waals surface area contributed by atoms with Gasteiger partial charge >= 0.3 is 0 Å². The zero-order chi connectivity index (χ0) is 14.0. The average Bonchev–Trinajstić information content (AvgIpc) is 2.88. The maximum atomic E-state index is 12.3. The Hall–Kier alpha value is -2.01. The summed E-state index contributed by atoms with van der Waals surface area (Å²) in [7, 11) is 1.70. The van der Waals surface area contributed by atoms with Crippen molar-refractivity contribution in [1.82, 2.24) is 4.90 Å². The van der Waals surface area contributed by atoms with Gasteiger partial charge in [0, 0.05) is 23.6 Å². The predicted octanol–water partition coefficient (Wildman–Crippen LogP) is 2.99. The Morgan fingerprint density at radius 3 is 2.42 bits per heavy atom. The van der Waals surface area contributed by atoms with E-state index < -0.39 is 0 Å². The van der Waals surface area contributed by atoms with Gasteiger partial charge in [0.05, 0.1) is 6.04 Å². The Kier molecular flexibility index (Phi) is 3.76. The van der Waals surface area contributed by atoms with E-state index in [0.717, 1.165) is 4.88 Å². The number of benzene rings is 1. The van der Waals surface area contributed by atoms with Gasteiger partial charge in [-0.3, -0.25) is 4.79 Å². The van der Waals surface area contributed by atoms with Crippen molar-refractivity contribution in [3.63, 3.8) is 0 Å². The summed E-state index contributed by atoms with van der Waals surface area (Å²) < 4.78 is 0. The van der Waals surface area contributed by atoms with Crippen LogP contribution in [-0.4, -0.2) is 28.1 Å². The highest BCUT2D eigenvalue weighted by atomic mass is 32.1. The van der Waals surface area contributed by atoms with Crippen LogP contribution in [0.4, 0.5) is 0 Å². The number of rotatable bonds is 3. The van der Waals surface area contributed by atoms with Crippen molar-refractivity contribution >= 4 is 17.2 Å². The van der Waals surface area contributed by atoms with Crippen LogP contribution in [0.5, 0.6) is 11.5 Å². The van der Waals surface area contributed by atoms with Gasteiger partial charge in [0.15, 0.2) is 0 Å². The van der Waals surface area contributed by atoms with Gasteiger partial charge in [-0.05, 0) is 30.5 Å². The second-order valence-corrected chi connectivity index (χ2v) is 5.32. The Bertz CT molecular complexity index is 560. The molecule has 1 amide bonds. The van der Waals surface area contributed by atoms with E-state index in [2.05, 4.69) is 0 Å². The quantitative estimate of drug-likeness (QED) is 0.906. The third kappa shape index (κ3) is 2.88. The van der Waals surface area contributed by atoms with Gasteiger partial charge in [-0.1, -0.05) is 6.07 Å². The SMILES string of the molecule is CC(c1cccs1)N(C)C(=O)c1cc(O)cc(O)c1. The molecule has 1 aromatic heterocycles. The molecule has 2 aromatic rings. The van der Waals surface area contributed by atoms with E-state index in [1.807, 2.05) is 24.4 Å². The van der Waals surface area contributed by atoms with E-state index in [4.69, 9.17) is 0 Å². The number of nitrogens with zero attached hydrogens (tertiary/aromatic N) is 1. The van der Waals surface area contributed by atoms with Crippen molar-refractivity contribution in [3.05, 3.63) is 46.2 Å². The number of hydrogen-bond donors (Lipinski definition) is 2. The molecule has 100 valence electrons. The van der Waals surface area contributed by atoms with Gasteiger partial charge in [0.1, 0.15) is 11.5 Å². The fourth-order valence-corrected chi connectivity index (χ4v) is 2.64. The third-order valence-corrected chi connectivity index (χ3v) is 4.05. The molecule has 0 aliphatic carbocycles. The van der Waals surface area contributed by atoms with Crippen LogP contribution in [0.15, 0.2) is 35.7 Å². The molecule has 2 N–H and O–H groups in total. The molecular weight excluding hydrogens is 262 g/mol. The fourth-order valence-electron chi connectivity index (χ4n) is 1.82. The van der Waals surface area contributed by atoms with Crippen molar-refractivity contribution < 1.29 is 15.0 Å². The first-order valence-electron chi connectivity index (χ1n) is 5.82. The lowest BCUT2D eigenvalue weighted by Gasteiger charge is -2.24. The topological polar surface area (TPSA) is 60.8 Å². The Morgan fingerprint density at radius 2 is 1.89 bits per heavy atom. The van der Waals surface area contributed by atoms with Gasteiger partial charge in [0.25, 0.3) is 5.91 Å². The number of phenolic OH excluding ortho intramolecular Hbond substituents is 2. The fraction of sp³-hybridized carbons (Fsp3) is 0.214. The molecule has 0 fully saturated rings. The lowest BCUT2D eigenvalue weighted by molar-refractivity contribution is 0.0744. The van der Waals surface area contributed by atoms with Gasteiger partial charge < -0.3 is 15.1 Å². The van der Waals surface area contributed by atoms with Crippen LogP contribution in [-0.2, 0) is 0 Å². The molecule has 5 heteroatoms. The monoisotopic (exact) mass is 277 g/mol. The number of carbonyl (C=O) groups excluding carboxylic acids is 1. The van der Waals surface area contributed by atoms with Crippen molar-refractivity contribution in [2.75, 3.05) is 7.05 Å². The minimum Gasteiger partial charge on any atom is -0.508 e. The van der Waals surface area contributed by atoms with Crippen LogP contribution < -0.4 is 0 Å². The molecule has 0 aliphatic heterocycles. The third-order valence-electron chi connectivity index (χ3n) is 3.01. The minimum atomic E-state index is -0.243. The highest BCUT2D eigenvalue weighted by Gasteiger charge is 2.20. The summed E-state index contributed by atoms with van der Waals surface area (Å²) in [5, 5.41) is 20.8. The average molecular weight is 277 g/mol. The first-order chi connectivity index (χ1) is 8.99. The number of phenols is 2. The van der Waals surface area contributed by atoms with Crippen LogP contribution in [0, 0.1) is 0 Å².